The van der Waals surface area contributed by atoms with Crippen molar-refractivity contribution in [2.45, 2.75) is 18.9 Å². The van der Waals surface area contributed by atoms with Crippen LogP contribution in [0.5, 0.6) is 5.88 Å². The maximum absolute atomic E-state index is 12.7. The van der Waals surface area contributed by atoms with Gasteiger partial charge in [0.1, 0.15) is 6.10 Å². The van der Waals surface area contributed by atoms with Crippen molar-refractivity contribution in [2.75, 3.05) is 32.1 Å². The number of rotatable bonds is 4. The number of nitrogens with zero attached hydrogens (tertiary/aromatic N) is 3. The number of halogens is 1. The number of amides is 1. The maximum Gasteiger partial charge on any atom is 0.253 e. The van der Waals surface area contributed by atoms with Gasteiger partial charge in [0.25, 0.3) is 5.91 Å². The number of carbonyl (C=O) groups is 1. The van der Waals surface area contributed by atoms with Crippen LogP contribution < -0.4 is 9.64 Å². The Balaban J connectivity index is 1.59. The third-order valence-corrected chi connectivity index (χ3v) is 4.95. The van der Waals surface area contributed by atoms with Crippen molar-refractivity contribution in [3.8, 4) is 5.88 Å². The summed E-state index contributed by atoms with van der Waals surface area (Å²) in [5.41, 5.74) is 1.77. The summed E-state index contributed by atoms with van der Waals surface area (Å²) in [4.78, 5) is 20.9. The lowest BCUT2D eigenvalue weighted by Gasteiger charge is -2.32. The van der Waals surface area contributed by atoms with Crippen molar-refractivity contribution in [1.29, 1.82) is 0 Å². The number of likely N-dealkylation sites (tertiary alicyclic amines) is 1. The van der Waals surface area contributed by atoms with Gasteiger partial charge in [-0.3, -0.25) is 4.79 Å². The Kier molecular flexibility index (Phi) is 5.58. The number of piperidine rings is 1. The molecule has 2 aromatic rings. The molecule has 2 heterocycles. The molecule has 0 N–H and O–H groups in total. The monoisotopic (exact) mass is 403 g/mol. The van der Waals surface area contributed by atoms with E-state index in [1.807, 2.05) is 60.3 Å². The molecule has 132 valence electrons. The average Bonchev–Trinajstić information content (AvgIpc) is 2.64. The molecule has 0 unspecified atom stereocenters. The first-order chi connectivity index (χ1) is 12.0. The molecule has 0 radical (unpaired) electrons. The normalized spacial score (nSPS) is 15.1. The third-order valence-electron chi connectivity index (χ3n) is 4.34. The van der Waals surface area contributed by atoms with Crippen LogP contribution in [0.3, 0.4) is 0 Å². The molecule has 1 amide bonds. The first kappa shape index (κ1) is 17.7. The molecule has 3 rings (SSSR count). The van der Waals surface area contributed by atoms with E-state index in [1.54, 1.807) is 6.20 Å². The summed E-state index contributed by atoms with van der Waals surface area (Å²) < 4.78 is 6.82. The zero-order chi connectivity index (χ0) is 17.8. The van der Waals surface area contributed by atoms with Crippen LogP contribution in [0.4, 0.5) is 5.69 Å². The fraction of sp³-hybridized carbons (Fsp3) is 0.368. The number of hydrogen-bond acceptors (Lipinski definition) is 4. The summed E-state index contributed by atoms with van der Waals surface area (Å²) in [5, 5.41) is 0. The lowest BCUT2D eigenvalue weighted by atomic mass is 10.1. The fourth-order valence-corrected chi connectivity index (χ4v) is 3.24. The van der Waals surface area contributed by atoms with Crippen molar-refractivity contribution in [3.63, 3.8) is 0 Å². The van der Waals surface area contributed by atoms with Crippen LogP contribution in [-0.2, 0) is 0 Å². The molecule has 1 aromatic heterocycles. The van der Waals surface area contributed by atoms with Crippen LogP contribution in [0, 0.1) is 0 Å². The third kappa shape index (κ3) is 4.31. The van der Waals surface area contributed by atoms with Gasteiger partial charge in [-0.1, -0.05) is 6.07 Å². The highest BCUT2D eigenvalue weighted by Crippen LogP contribution is 2.25. The highest BCUT2D eigenvalue weighted by atomic mass is 79.9. The van der Waals surface area contributed by atoms with Crippen LogP contribution in [0.25, 0.3) is 0 Å². The van der Waals surface area contributed by atoms with Gasteiger partial charge in [0.05, 0.1) is 4.47 Å². The molecule has 6 heteroatoms. The molecule has 1 aromatic carbocycles. The van der Waals surface area contributed by atoms with Gasteiger partial charge >= 0.3 is 0 Å². The van der Waals surface area contributed by atoms with Gasteiger partial charge in [-0.05, 0) is 46.3 Å². The van der Waals surface area contributed by atoms with Crippen molar-refractivity contribution in [3.05, 3.63) is 52.6 Å². The van der Waals surface area contributed by atoms with Gasteiger partial charge in [0.2, 0.25) is 5.88 Å². The summed E-state index contributed by atoms with van der Waals surface area (Å²) in [6, 6.07) is 11.5. The quantitative estimate of drug-likeness (QED) is 0.782. The first-order valence-electron chi connectivity index (χ1n) is 8.38. The minimum atomic E-state index is 0.0844. The minimum Gasteiger partial charge on any atom is -0.473 e. The summed E-state index contributed by atoms with van der Waals surface area (Å²) in [6.45, 7) is 1.39. The standard InChI is InChI=1S/C19H22BrN3O2/c1-22(2)15-6-3-5-14(13-15)19(24)23-11-8-16(9-12-23)25-18-17(20)7-4-10-21-18/h3-7,10,13,16H,8-9,11-12H2,1-2H3. The zero-order valence-electron chi connectivity index (χ0n) is 14.5. The Labute approximate surface area is 156 Å². The second-order valence-corrected chi connectivity index (χ2v) is 7.20. The van der Waals surface area contributed by atoms with E-state index < -0.39 is 0 Å². The van der Waals surface area contributed by atoms with E-state index in [1.165, 1.54) is 0 Å². The molecular weight excluding hydrogens is 382 g/mol. The van der Waals surface area contributed by atoms with Crippen LogP contribution in [-0.4, -0.2) is 49.1 Å². The van der Waals surface area contributed by atoms with Gasteiger partial charge in [-0.15, -0.1) is 0 Å². The first-order valence-corrected chi connectivity index (χ1v) is 9.18. The molecule has 1 aliphatic rings. The highest BCUT2D eigenvalue weighted by molar-refractivity contribution is 9.10. The predicted octanol–water partition coefficient (Wildman–Crippen LogP) is 3.59. The highest BCUT2D eigenvalue weighted by Gasteiger charge is 2.25. The van der Waals surface area contributed by atoms with Crippen LogP contribution in [0.1, 0.15) is 23.2 Å². The molecule has 0 saturated carbocycles. The Morgan fingerprint density at radius 2 is 2.00 bits per heavy atom. The number of aromatic nitrogens is 1. The smallest absolute Gasteiger partial charge is 0.253 e. The van der Waals surface area contributed by atoms with E-state index in [-0.39, 0.29) is 12.0 Å². The fourth-order valence-electron chi connectivity index (χ4n) is 2.89. The lowest BCUT2D eigenvalue weighted by molar-refractivity contribution is 0.0586. The van der Waals surface area contributed by atoms with E-state index in [4.69, 9.17) is 4.74 Å². The SMILES string of the molecule is CN(C)c1cccc(C(=O)N2CCC(Oc3ncccc3Br)CC2)c1. The molecule has 25 heavy (non-hydrogen) atoms. The Morgan fingerprint density at radius 3 is 2.68 bits per heavy atom. The number of ether oxygens (including phenoxy) is 1. The van der Waals surface area contributed by atoms with Gasteiger partial charge in [0, 0.05) is 57.5 Å². The number of carbonyl (C=O) groups excluding carboxylic acids is 1. The van der Waals surface area contributed by atoms with E-state index in [0.717, 1.165) is 28.6 Å². The van der Waals surface area contributed by atoms with Gasteiger partial charge in [0.15, 0.2) is 0 Å². The molecule has 0 bridgehead atoms. The molecule has 5 nitrogen and oxygen atoms in total. The van der Waals surface area contributed by atoms with E-state index in [0.29, 0.717) is 19.0 Å². The van der Waals surface area contributed by atoms with Crippen molar-refractivity contribution < 1.29 is 9.53 Å². The van der Waals surface area contributed by atoms with Gasteiger partial charge in [-0.2, -0.15) is 0 Å². The zero-order valence-corrected chi connectivity index (χ0v) is 16.1. The van der Waals surface area contributed by atoms with E-state index in [9.17, 15) is 4.79 Å². The molecule has 1 saturated heterocycles. The summed E-state index contributed by atoms with van der Waals surface area (Å²) in [7, 11) is 3.95. The minimum absolute atomic E-state index is 0.0844. The summed E-state index contributed by atoms with van der Waals surface area (Å²) in [5.74, 6) is 0.701. The van der Waals surface area contributed by atoms with Gasteiger partial charge < -0.3 is 14.5 Å². The number of hydrogen-bond donors (Lipinski definition) is 0. The predicted molar refractivity (Wildman–Crippen MR) is 102 cm³/mol. The molecule has 1 fully saturated rings. The second kappa shape index (κ2) is 7.87. The molecule has 0 aliphatic carbocycles. The van der Waals surface area contributed by atoms with E-state index in [2.05, 4.69) is 20.9 Å². The molecule has 1 aliphatic heterocycles. The Morgan fingerprint density at radius 1 is 1.24 bits per heavy atom. The average molecular weight is 404 g/mol. The summed E-state index contributed by atoms with van der Waals surface area (Å²) in [6.07, 6.45) is 3.42. The second-order valence-electron chi connectivity index (χ2n) is 6.34. The van der Waals surface area contributed by atoms with Gasteiger partial charge in [-0.25, -0.2) is 4.98 Å². The van der Waals surface area contributed by atoms with Crippen LogP contribution >= 0.6 is 15.9 Å². The van der Waals surface area contributed by atoms with Crippen molar-refractivity contribution in [2.24, 2.45) is 0 Å². The van der Waals surface area contributed by atoms with Crippen molar-refractivity contribution in [1.82, 2.24) is 9.88 Å². The maximum atomic E-state index is 12.7. The number of anilines is 1. The largest absolute Gasteiger partial charge is 0.473 e. The van der Waals surface area contributed by atoms with E-state index >= 15 is 0 Å². The number of benzene rings is 1. The molecular formula is C19H22BrN3O2. The Bertz CT molecular complexity index is 743. The molecule has 0 spiro atoms. The van der Waals surface area contributed by atoms with Crippen molar-refractivity contribution >= 4 is 27.5 Å². The topological polar surface area (TPSA) is 45.7 Å². The molecule has 0 atom stereocenters. The lowest BCUT2D eigenvalue weighted by Crippen LogP contribution is -2.41. The van der Waals surface area contributed by atoms with Crippen LogP contribution in [0.2, 0.25) is 0 Å². The van der Waals surface area contributed by atoms with Crippen LogP contribution in [0.15, 0.2) is 47.1 Å². The number of pyridine rings is 1. The Hall–Kier alpha value is -2.08. The summed E-state index contributed by atoms with van der Waals surface area (Å²) >= 11 is 3.45.